The van der Waals surface area contributed by atoms with E-state index >= 15 is 0 Å². The first-order valence-electron chi connectivity index (χ1n) is 11.7. The molecule has 1 unspecified atom stereocenters. The average Bonchev–Trinajstić information content (AvgIpc) is 3.02. The fourth-order valence-corrected chi connectivity index (χ4v) is 5.28. The Labute approximate surface area is 189 Å². The molecule has 5 nitrogen and oxygen atoms in total. The van der Waals surface area contributed by atoms with Gasteiger partial charge in [-0.1, -0.05) is 38.1 Å². The lowest BCUT2D eigenvalue weighted by atomic mass is 9.68. The van der Waals surface area contributed by atoms with Crippen LogP contribution in [0.2, 0.25) is 0 Å². The number of rotatable bonds is 8. The molecule has 0 saturated carbocycles. The summed E-state index contributed by atoms with van der Waals surface area (Å²) in [4.78, 5) is 15.2. The van der Waals surface area contributed by atoms with Crippen molar-refractivity contribution in [2.75, 3.05) is 19.7 Å². The number of hydrogen-bond acceptors (Lipinski definition) is 4. The van der Waals surface area contributed by atoms with E-state index in [1.165, 1.54) is 12.1 Å². The van der Waals surface area contributed by atoms with Crippen molar-refractivity contribution >= 4 is 6.09 Å². The predicted octanol–water partition coefficient (Wildman–Crippen LogP) is 5.08. The van der Waals surface area contributed by atoms with E-state index in [4.69, 9.17) is 9.47 Å². The molecule has 6 heteroatoms. The van der Waals surface area contributed by atoms with Gasteiger partial charge in [-0.3, -0.25) is 4.90 Å². The molecular formula is C26H33FN2O3. The number of piperidine rings is 1. The maximum atomic E-state index is 13.6. The van der Waals surface area contributed by atoms with E-state index in [0.717, 1.165) is 55.6 Å². The highest BCUT2D eigenvalue weighted by molar-refractivity contribution is 5.73. The van der Waals surface area contributed by atoms with Gasteiger partial charge in [0.15, 0.2) is 0 Å². The molecule has 1 atom stereocenters. The molecule has 172 valence electrons. The van der Waals surface area contributed by atoms with E-state index in [9.17, 15) is 9.18 Å². The molecule has 2 fully saturated rings. The average molecular weight is 441 g/mol. The van der Waals surface area contributed by atoms with E-state index in [-0.39, 0.29) is 11.9 Å². The van der Waals surface area contributed by atoms with Gasteiger partial charge in [0, 0.05) is 19.4 Å². The molecule has 0 aromatic heterocycles. The Hall–Kier alpha value is -2.60. The van der Waals surface area contributed by atoms with Crippen LogP contribution < -0.4 is 10.1 Å². The highest BCUT2D eigenvalue weighted by atomic mass is 19.1. The van der Waals surface area contributed by atoms with E-state index in [1.807, 2.05) is 41.3 Å². The summed E-state index contributed by atoms with van der Waals surface area (Å²) in [5.74, 6) is 0.583. The summed E-state index contributed by atoms with van der Waals surface area (Å²) >= 11 is 0. The normalized spacial score (nSPS) is 22.2. The molecule has 1 spiro atoms. The van der Waals surface area contributed by atoms with E-state index in [0.29, 0.717) is 19.6 Å². The van der Waals surface area contributed by atoms with Crippen molar-refractivity contribution in [2.45, 2.75) is 63.6 Å². The summed E-state index contributed by atoms with van der Waals surface area (Å²) in [7, 11) is 0. The summed E-state index contributed by atoms with van der Waals surface area (Å²) < 4.78 is 25.5. The molecule has 2 aliphatic rings. The largest absolute Gasteiger partial charge is 0.494 e. The molecule has 1 amide bonds. The molecular weight excluding hydrogens is 407 g/mol. The summed E-state index contributed by atoms with van der Waals surface area (Å²) in [6.45, 7) is 6.99. The minimum absolute atomic E-state index is 0.253. The molecule has 2 heterocycles. The second-order valence-corrected chi connectivity index (χ2v) is 8.88. The smallest absolute Gasteiger partial charge is 0.411 e. The Morgan fingerprint density at radius 1 is 1.03 bits per heavy atom. The summed E-state index contributed by atoms with van der Waals surface area (Å²) in [6.07, 6.45) is 3.63. The number of halogens is 1. The second kappa shape index (κ2) is 9.49. The van der Waals surface area contributed by atoms with E-state index in [2.05, 4.69) is 19.2 Å². The fourth-order valence-electron chi connectivity index (χ4n) is 5.28. The Morgan fingerprint density at radius 2 is 1.69 bits per heavy atom. The fraction of sp³-hybridized carbons (Fsp3) is 0.500. The van der Waals surface area contributed by atoms with Crippen LogP contribution in [0.1, 0.15) is 50.7 Å². The van der Waals surface area contributed by atoms with Gasteiger partial charge >= 0.3 is 6.09 Å². The molecule has 0 bridgehead atoms. The maximum absolute atomic E-state index is 13.6. The zero-order valence-electron chi connectivity index (χ0n) is 19.0. The third-order valence-corrected chi connectivity index (χ3v) is 7.01. The minimum atomic E-state index is -0.553. The molecule has 1 N–H and O–H groups in total. The summed E-state index contributed by atoms with van der Waals surface area (Å²) in [5, 5.41) is 3.40. The third-order valence-electron chi connectivity index (χ3n) is 7.01. The van der Waals surface area contributed by atoms with Crippen LogP contribution in [0, 0.1) is 5.82 Å². The minimum Gasteiger partial charge on any atom is -0.494 e. The number of ether oxygens (including phenoxy) is 2. The molecule has 2 aliphatic heterocycles. The number of benzene rings is 2. The van der Waals surface area contributed by atoms with E-state index < -0.39 is 11.1 Å². The van der Waals surface area contributed by atoms with Crippen LogP contribution in [-0.2, 0) is 17.7 Å². The number of amides is 1. The van der Waals surface area contributed by atoms with Gasteiger partial charge in [0.2, 0.25) is 0 Å². The van der Waals surface area contributed by atoms with Crippen molar-refractivity contribution in [1.82, 2.24) is 10.2 Å². The standard InChI is InChI=1S/C26H33FN2O3/c1-3-17-31-23-11-7-21(8-12-23)19-29-24(30)32-26(13-15-28-16-14-26)25(29,4-2)18-20-5-9-22(27)10-6-20/h5-12,28H,3-4,13-19H2,1-2H3. The van der Waals surface area contributed by atoms with Crippen LogP contribution in [0.15, 0.2) is 48.5 Å². The first-order chi connectivity index (χ1) is 15.5. The Bertz CT molecular complexity index is 910. The van der Waals surface area contributed by atoms with Crippen molar-refractivity contribution in [1.29, 1.82) is 0 Å². The zero-order valence-corrected chi connectivity index (χ0v) is 19.0. The van der Waals surface area contributed by atoms with E-state index in [1.54, 1.807) is 0 Å². The van der Waals surface area contributed by atoms with Crippen LogP contribution in [0.25, 0.3) is 0 Å². The monoisotopic (exact) mass is 440 g/mol. The van der Waals surface area contributed by atoms with Crippen molar-refractivity contribution in [2.24, 2.45) is 0 Å². The maximum Gasteiger partial charge on any atom is 0.411 e. The number of carbonyl (C=O) groups is 1. The first-order valence-corrected chi connectivity index (χ1v) is 11.7. The molecule has 0 radical (unpaired) electrons. The number of carbonyl (C=O) groups excluding carboxylic acids is 1. The number of hydrogen-bond donors (Lipinski definition) is 1. The van der Waals surface area contributed by atoms with Crippen molar-refractivity contribution in [3.8, 4) is 5.75 Å². The highest BCUT2D eigenvalue weighted by Crippen LogP contribution is 2.49. The lowest BCUT2D eigenvalue weighted by Crippen LogP contribution is -2.62. The Balaban J connectivity index is 1.66. The van der Waals surface area contributed by atoms with Gasteiger partial charge in [-0.2, -0.15) is 0 Å². The second-order valence-electron chi connectivity index (χ2n) is 8.88. The van der Waals surface area contributed by atoms with Crippen LogP contribution in [0.3, 0.4) is 0 Å². The lowest BCUT2D eigenvalue weighted by molar-refractivity contribution is -0.0441. The number of nitrogens with zero attached hydrogens (tertiary/aromatic N) is 1. The van der Waals surface area contributed by atoms with Crippen LogP contribution in [-0.4, -0.2) is 41.8 Å². The van der Waals surface area contributed by atoms with Crippen molar-refractivity contribution in [3.05, 3.63) is 65.5 Å². The molecule has 2 saturated heterocycles. The lowest BCUT2D eigenvalue weighted by Gasteiger charge is -2.48. The zero-order chi connectivity index (χ0) is 22.6. The van der Waals surface area contributed by atoms with Gasteiger partial charge in [-0.15, -0.1) is 0 Å². The SMILES string of the molecule is CCCOc1ccc(CN2C(=O)OC3(CCNCC3)C2(CC)Cc2ccc(F)cc2)cc1. The van der Waals surface area contributed by atoms with Gasteiger partial charge in [0.05, 0.1) is 12.1 Å². The van der Waals surface area contributed by atoms with Gasteiger partial charge in [0.25, 0.3) is 0 Å². The Morgan fingerprint density at radius 3 is 2.31 bits per heavy atom. The highest BCUT2D eigenvalue weighted by Gasteiger charge is 2.63. The van der Waals surface area contributed by atoms with Gasteiger partial charge < -0.3 is 14.8 Å². The molecule has 4 rings (SSSR count). The topological polar surface area (TPSA) is 50.8 Å². The van der Waals surface area contributed by atoms with Crippen LogP contribution in [0.4, 0.5) is 9.18 Å². The van der Waals surface area contributed by atoms with Crippen molar-refractivity contribution < 1.29 is 18.7 Å². The Kier molecular flexibility index (Phi) is 6.70. The number of nitrogens with one attached hydrogen (secondary N) is 1. The molecule has 2 aromatic rings. The molecule has 0 aliphatic carbocycles. The van der Waals surface area contributed by atoms with Gasteiger partial charge in [0.1, 0.15) is 17.2 Å². The van der Waals surface area contributed by atoms with Gasteiger partial charge in [-0.05, 0) is 67.7 Å². The first kappa shape index (κ1) is 22.6. The van der Waals surface area contributed by atoms with Crippen LogP contribution >= 0.6 is 0 Å². The summed E-state index contributed by atoms with van der Waals surface area (Å²) in [5.41, 5.74) is 0.996. The van der Waals surface area contributed by atoms with Gasteiger partial charge in [-0.25, -0.2) is 9.18 Å². The predicted molar refractivity (Wildman–Crippen MR) is 122 cm³/mol. The molecule has 32 heavy (non-hydrogen) atoms. The third kappa shape index (κ3) is 4.20. The summed E-state index contributed by atoms with van der Waals surface area (Å²) in [6, 6.07) is 14.6. The van der Waals surface area contributed by atoms with Crippen LogP contribution in [0.5, 0.6) is 5.75 Å². The molecule has 2 aromatic carbocycles. The quantitative estimate of drug-likeness (QED) is 0.622. The van der Waals surface area contributed by atoms with Crippen molar-refractivity contribution in [3.63, 3.8) is 0 Å².